The molecule has 0 spiro atoms. The molecule has 1 aromatic carbocycles. The maximum absolute atomic E-state index is 5.66. The van der Waals surface area contributed by atoms with Crippen molar-refractivity contribution in [1.82, 2.24) is 4.90 Å². The third-order valence-corrected chi connectivity index (χ3v) is 3.96. The summed E-state index contributed by atoms with van der Waals surface area (Å²) in [5, 5.41) is 0. The lowest BCUT2D eigenvalue weighted by molar-refractivity contribution is 0.168. The van der Waals surface area contributed by atoms with Crippen LogP contribution in [0.1, 0.15) is 31.2 Å². The predicted molar refractivity (Wildman–Crippen MR) is 77.6 cm³/mol. The van der Waals surface area contributed by atoms with Gasteiger partial charge >= 0.3 is 0 Å². The summed E-state index contributed by atoms with van der Waals surface area (Å²) in [6.45, 7) is 4.65. The van der Waals surface area contributed by atoms with Gasteiger partial charge < -0.3 is 10.6 Å². The quantitative estimate of drug-likeness (QED) is 0.836. The van der Waals surface area contributed by atoms with Crippen molar-refractivity contribution in [3.8, 4) is 0 Å². The Labute approximate surface area is 111 Å². The van der Waals surface area contributed by atoms with Crippen molar-refractivity contribution in [3.63, 3.8) is 0 Å². The first-order chi connectivity index (χ1) is 8.88. The normalized spacial score (nSPS) is 21.1. The van der Waals surface area contributed by atoms with Gasteiger partial charge in [0.05, 0.1) is 0 Å². The second-order valence-electron chi connectivity index (χ2n) is 5.48. The van der Waals surface area contributed by atoms with Crippen LogP contribution in [-0.4, -0.2) is 31.1 Å². The van der Waals surface area contributed by atoms with E-state index >= 15 is 0 Å². The molecule has 1 aliphatic heterocycles. The van der Waals surface area contributed by atoms with Crippen LogP contribution in [0.15, 0.2) is 30.3 Å². The highest BCUT2D eigenvalue weighted by molar-refractivity contribution is 5.14. The van der Waals surface area contributed by atoms with Crippen molar-refractivity contribution in [2.75, 3.05) is 26.2 Å². The fourth-order valence-electron chi connectivity index (χ4n) is 2.98. The fourth-order valence-corrected chi connectivity index (χ4v) is 2.98. The topological polar surface area (TPSA) is 29.3 Å². The first-order valence-electron chi connectivity index (χ1n) is 7.35. The number of nitrogens with zero attached hydrogens (tertiary/aromatic N) is 1. The van der Waals surface area contributed by atoms with Gasteiger partial charge in [-0.2, -0.15) is 0 Å². The number of piperidine rings is 1. The molecule has 2 nitrogen and oxygen atoms in total. The molecule has 0 aromatic heterocycles. The minimum Gasteiger partial charge on any atom is -0.330 e. The molecule has 0 radical (unpaired) electrons. The molecule has 1 aromatic rings. The standard InChI is InChI=1S/C16H26N2/c17-11-10-16-9-5-13-18(14-16)12-4-8-15-6-2-1-3-7-15/h1-3,6-7,16H,4-5,8-14,17H2. The molecule has 1 fully saturated rings. The van der Waals surface area contributed by atoms with Gasteiger partial charge in [-0.15, -0.1) is 0 Å². The third-order valence-electron chi connectivity index (χ3n) is 3.96. The smallest absolute Gasteiger partial charge is 0.00101 e. The van der Waals surface area contributed by atoms with E-state index in [1.165, 1.54) is 57.3 Å². The average Bonchev–Trinajstić information content (AvgIpc) is 2.41. The Bertz CT molecular complexity index is 321. The van der Waals surface area contributed by atoms with Gasteiger partial charge in [0.2, 0.25) is 0 Å². The van der Waals surface area contributed by atoms with Crippen LogP contribution in [0.2, 0.25) is 0 Å². The van der Waals surface area contributed by atoms with Gasteiger partial charge in [-0.3, -0.25) is 0 Å². The Balaban J connectivity index is 1.67. The third kappa shape index (κ3) is 4.43. The van der Waals surface area contributed by atoms with Crippen LogP contribution in [0, 0.1) is 5.92 Å². The van der Waals surface area contributed by atoms with Gasteiger partial charge in [0.1, 0.15) is 0 Å². The van der Waals surface area contributed by atoms with E-state index in [0.717, 1.165) is 12.5 Å². The van der Waals surface area contributed by atoms with Crippen LogP contribution in [0.4, 0.5) is 0 Å². The molecular weight excluding hydrogens is 220 g/mol. The number of hydrogen-bond acceptors (Lipinski definition) is 2. The van der Waals surface area contributed by atoms with Crippen molar-refractivity contribution in [2.24, 2.45) is 11.7 Å². The number of benzene rings is 1. The molecule has 0 saturated carbocycles. The molecule has 0 bridgehead atoms. The van der Waals surface area contributed by atoms with Crippen LogP contribution in [0.25, 0.3) is 0 Å². The zero-order valence-electron chi connectivity index (χ0n) is 11.4. The summed E-state index contributed by atoms with van der Waals surface area (Å²) in [6.07, 6.45) is 6.43. The second-order valence-corrected chi connectivity index (χ2v) is 5.48. The number of aryl methyl sites for hydroxylation is 1. The lowest BCUT2D eigenvalue weighted by Crippen LogP contribution is -2.36. The number of hydrogen-bond donors (Lipinski definition) is 1. The molecule has 1 heterocycles. The Morgan fingerprint density at radius 3 is 2.83 bits per heavy atom. The molecule has 1 atom stereocenters. The predicted octanol–water partition coefficient (Wildman–Crippen LogP) is 2.68. The Morgan fingerprint density at radius 2 is 2.06 bits per heavy atom. The number of nitrogens with two attached hydrogens (primary N) is 1. The van der Waals surface area contributed by atoms with Crippen molar-refractivity contribution in [2.45, 2.75) is 32.1 Å². The summed E-state index contributed by atoms with van der Waals surface area (Å²) in [4.78, 5) is 2.63. The Kier molecular flexibility index (Phi) is 5.69. The monoisotopic (exact) mass is 246 g/mol. The van der Waals surface area contributed by atoms with Crippen LogP contribution in [0.5, 0.6) is 0 Å². The molecular formula is C16H26N2. The summed E-state index contributed by atoms with van der Waals surface area (Å²) in [7, 11) is 0. The number of rotatable bonds is 6. The largest absolute Gasteiger partial charge is 0.330 e. The second kappa shape index (κ2) is 7.55. The van der Waals surface area contributed by atoms with Gasteiger partial charge in [-0.05, 0) is 63.2 Å². The first-order valence-corrected chi connectivity index (χ1v) is 7.35. The summed E-state index contributed by atoms with van der Waals surface area (Å²) < 4.78 is 0. The zero-order valence-corrected chi connectivity index (χ0v) is 11.4. The van der Waals surface area contributed by atoms with Crippen molar-refractivity contribution in [3.05, 3.63) is 35.9 Å². The molecule has 0 amide bonds. The van der Waals surface area contributed by atoms with E-state index in [-0.39, 0.29) is 0 Å². The van der Waals surface area contributed by atoms with E-state index in [9.17, 15) is 0 Å². The molecule has 18 heavy (non-hydrogen) atoms. The fraction of sp³-hybridized carbons (Fsp3) is 0.625. The van der Waals surface area contributed by atoms with E-state index < -0.39 is 0 Å². The van der Waals surface area contributed by atoms with Gasteiger partial charge in [-0.1, -0.05) is 30.3 Å². The van der Waals surface area contributed by atoms with E-state index in [4.69, 9.17) is 5.73 Å². The minimum atomic E-state index is 0.848. The zero-order chi connectivity index (χ0) is 12.6. The molecule has 2 N–H and O–H groups in total. The van der Waals surface area contributed by atoms with Crippen molar-refractivity contribution >= 4 is 0 Å². The lowest BCUT2D eigenvalue weighted by atomic mass is 9.94. The number of likely N-dealkylation sites (tertiary alicyclic amines) is 1. The molecule has 100 valence electrons. The van der Waals surface area contributed by atoms with Crippen molar-refractivity contribution in [1.29, 1.82) is 0 Å². The maximum Gasteiger partial charge on any atom is 0.00101 e. The van der Waals surface area contributed by atoms with Gasteiger partial charge in [0.25, 0.3) is 0 Å². The van der Waals surface area contributed by atoms with Crippen LogP contribution < -0.4 is 5.73 Å². The van der Waals surface area contributed by atoms with E-state index in [0.29, 0.717) is 0 Å². The van der Waals surface area contributed by atoms with Crippen LogP contribution >= 0.6 is 0 Å². The minimum absolute atomic E-state index is 0.848. The van der Waals surface area contributed by atoms with Crippen molar-refractivity contribution < 1.29 is 0 Å². The molecule has 1 unspecified atom stereocenters. The van der Waals surface area contributed by atoms with E-state index in [1.807, 2.05) is 0 Å². The maximum atomic E-state index is 5.66. The summed E-state index contributed by atoms with van der Waals surface area (Å²) in [6, 6.07) is 10.8. The highest BCUT2D eigenvalue weighted by atomic mass is 15.1. The highest BCUT2D eigenvalue weighted by Crippen LogP contribution is 2.19. The summed E-state index contributed by atoms with van der Waals surface area (Å²) >= 11 is 0. The summed E-state index contributed by atoms with van der Waals surface area (Å²) in [5.74, 6) is 0.848. The SMILES string of the molecule is NCCC1CCCN(CCCc2ccccc2)C1. The molecule has 2 rings (SSSR count). The molecule has 1 saturated heterocycles. The molecule has 2 heteroatoms. The molecule has 1 aliphatic rings. The van der Waals surface area contributed by atoms with Gasteiger partial charge in [0, 0.05) is 6.54 Å². The first kappa shape index (κ1) is 13.6. The lowest BCUT2D eigenvalue weighted by Gasteiger charge is -2.32. The van der Waals surface area contributed by atoms with Crippen LogP contribution in [-0.2, 0) is 6.42 Å². The highest BCUT2D eigenvalue weighted by Gasteiger charge is 2.18. The Morgan fingerprint density at radius 1 is 1.22 bits per heavy atom. The van der Waals surface area contributed by atoms with Crippen LogP contribution in [0.3, 0.4) is 0 Å². The van der Waals surface area contributed by atoms with E-state index in [2.05, 4.69) is 35.2 Å². The van der Waals surface area contributed by atoms with Gasteiger partial charge in [0.15, 0.2) is 0 Å². The summed E-state index contributed by atoms with van der Waals surface area (Å²) in [5.41, 5.74) is 7.13. The van der Waals surface area contributed by atoms with Gasteiger partial charge in [-0.25, -0.2) is 0 Å². The Hall–Kier alpha value is -0.860. The van der Waals surface area contributed by atoms with E-state index in [1.54, 1.807) is 0 Å². The average molecular weight is 246 g/mol. The molecule has 0 aliphatic carbocycles.